The summed E-state index contributed by atoms with van der Waals surface area (Å²) < 4.78 is 9.60. The predicted octanol–water partition coefficient (Wildman–Crippen LogP) is 0.835. The number of hydrogen-bond acceptors (Lipinski definition) is 4. The highest BCUT2D eigenvalue weighted by atomic mass is 16.6. The van der Waals surface area contributed by atoms with Gasteiger partial charge in [-0.1, -0.05) is 24.7 Å². The molecule has 1 aliphatic rings. The van der Waals surface area contributed by atoms with Crippen molar-refractivity contribution in [2.24, 2.45) is 0 Å². The van der Waals surface area contributed by atoms with E-state index >= 15 is 0 Å². The summed E-state index contributed by atoms with van der Waals surface area (Å²) in [6.07, 6.45) is 12.0. The maximum absolute atomic E-state index is 11.9. The standard InChI is InChI=1S/C13H15NO4/c1-3-9-17-11(15)13(7-5-6-8-13)14-12(16)18-10-4-2/h1-2H,5-10H2,(H,14,16). The van der Waals surface area contributed by atoms with Gasteiger partial charge in [0, 0.05) is 0 Å². The minimum absolute atomic E-state index is 0.109. The van der Waals surface area contributed by atoms with E-state index in [9.17, 15) is 9.59 Å². The van der Waals surface area contributed by atoms with Crippen molar-refractivity contribution in [3.8, 4) is 24.7 Å². The molecule has 0 radical (unpaired) electrons. The van der Waals surface area contributed by atoms with Gasteiger partial charge in [-0.2, -0.15) is 0 Å². The van der Waals surface area contributed by atoms with Crippen LogP contribution in [-0.2, 0) is 14.3 Å². The molecule has 0 aliphatic heterocycles. The number of terminal acetylenes is 2. The fourth-order valence-electron chi connectivity index (χ4n) is 1.94. The quantitative estimate of drug-likeness (QED) is 0.592. The average molecular weight is 249 g/mol. The zero-order chi connectivity index (χ0) is 13.4. The Morgan fingerprint density at radius 1 is 1.11 bits per heavy atom. The maximum Gasteiger partial charge on any atom is 0.409 e. The van der Waals surface area contributed by atoms with Gasteiger partial charge in [0.15, 0.2) is 13.2 Å². The fourth-order valence-corrected chi connectivity index (χ4v) is 1.94. The fraction of sp³-hybridized carbons (Fsp3) is 0.538. The lowest BCUT2D eigenvalue weighted by Crippen LogP contribution is -2.53. The number of carbonyl (C=O) groups is 2. The highest BCUT2D eigenvalue weighted by Crippen LogP contribution is 2.31. The highest BCUT2D eigenvalue weighted by molar-refractivity contribution is 5.86. The van der Waals surface area contributed by atoms with Gasteiger partial charge in [0.05, 0.1) is 0 Å². The minimum Gasteiger partial charge on any atom is -0.451 e. The summed E-state index contributed by atoms with van der Waals surface area (Å²) in [5, 5.41) is 2.54. The van der Waals surface area contributed by atoms with Gasteiger partial charge < -0.3 is 14.8 Å². The molecule has 0 saturated heterocycles. The van der Waals surface area contributed by atoms with Crippen molar-refractivity contribution in [1.29, 1.82) is 0 Å². The molecule has 0 spiro atoms. The lowest BCUT2D eigenvalue weighted by Gasteiger charge is -2.26. The molecule has 5 heteroatoms. The van der Waals surface area contributed by atoms with Crippen LogP contribution in [0.1, 0.15) is 25.7 Å². The van der Waals surface area contributed by atoms with E-state index in [0.29, 0.717) is 12.8 Å². The number of nitrogens with one attached hydrogen (secondary N) is 1. The van der Waals surface area contributed by atoms with Crippen LogP contribution in [0.2, 0.25) is 0 Å². The van der Waals surface area contributed by atoms with Gasteiger partial charge in [-0.15, -0.1) is 12.8 Å². The van der Waals surface area contributed by atoms with Crippen LogP contribution in [0, 0.1) is 24.7 Å². The van der Waals surface area contributed by atoms with E-state index in [0.717, 1.165) is 12.8 Å². The molecule has 1 fully saturated rings. The Morgan fingerprint density at radius 3 is 2.22 bits per heavy atom. The molecule has 0 aromatic rings. The largest absolute Gasteiger partial charge is 0.451 e. The Morgan fingerprint density at radius 2 is 1.67 bits per heavy atom. The molecular weight excluding hydrogens is 234 g/mol. The summed E-state index contributed by atoms with van der Waals surface area (Å²) in [5.41, 5.74) is -1.03. The third-order valence-corrected chi connectivity index (χ3v) is 2.76. The third-order valence-electron chi connectivity index (χ3n) is 2.76. The van der Waals surface area contributed by atoms with Gasteiger partial charge in [0.2, 0.25) is 0 Å². The van der Waals surface area contributed by atoms with Crippen LogP contribution in [0.25, 0.3) is 0 Å². The minimum atomic E-state index is -1.03. The zero-order valence-electron chi connectivity index (χ0n) is 10.0. The van der Waals surface area contributed by atoms with E-state index in [1.807, 2.05) is 0 Å². The molecule has 18 heavy (non-hydrogen) atoms. The number of rotatable bonds is 4. The van der Waals surface area contributed by atoms with E-state index in [-0.39, 0.29) is 13.2 Å². The van der Waals surface area contributed by atoms with Crippen LogP contribution in [0.5, 0.6) is 0 Å². The molecular formula is C13H15NO4. The van der Waals surface area contributed by atoms with Crippen LogP contribution in [0.15, 0.2) is 0 Å². The lowest BCUT2D eigenvalue weighted by atomic mass is 9.98. The van der Waals surface area contributed by atoms with Gasteiger partial charge in [-0.25, -0.2) is 9.59 Å². The first-order valence-corrected chi connectivity index (χ1v) is 5.64. The molecule has 1 aliphatic carbocycles. The Balaban J connectivity index is 2.64. The van der Waals surface area contributed by atoms with E-state index in [4.69, 9.17) is 22.3 Å². The Bertz CT molecular complexity index is 396. The predicted molar refractivity (Wildman–Crippen MR) is 64.3 cm³/mol. The molecule has 1 saturated carbocycles. The topological polar surface area (TPSA) is 64.6 Å². The summed E-state index contributed by atoms with van der Waals surface area (Å²) in [5.74, 6) is 3.87. The third kappa shape index (κ3) is 3.43. The zero-order valence-corrected chi connectivity index (χ0v) is 10.0. The van der Waals surface area contributed by atoms with E-state index < -0.39 is 17.6 Å². The molecule has 1 amide bonds. The van der Waals surface area contributed by atoms with Crippen molar-refractivity contribution < 1.29 is 19.1 Å². The summed E-state index contributed by atoms with van der Waals surface area (Å²) in [6.45, 7) is -0.247. The van der Waals surface area contributed by atoms with Gasteiger partial charge in [-0.3, -0.25) is 0 Å². The normalized spacial score (nSPS) is 16.1. The van der Waals surface area contributed by atoms with Crippen molar-refractivity contribution in [1.82, 2.24) is 5.32 Å². The molecule has 0 aromatic heterocycles. The first kappa shape index (κ1) is 13.9. The van der Waals surface area contributed by atoms with Crippen molar-refractivity contribution in [2.45, 2.75) is 31.2 Å². The maximum atomic E-state index is 11.9. The van der Waals surface area contributed by atoms with Crippen molar-refractivity contribution in [2.75, 3.05) is 13.2 Å². The molecule has 1 rings (SSSR count). The summed E-state index contributed by atoms with van der Waals surface area (Å²) in [4.78, 5) is 23.4. The SMILES string of the molecule is C#CCOC(=O)NC1(C(=O)OCC#C)CCCC1. The van der Waals surface area contributed by atoms with Crippen molar-refractivity contribution in [3.63, 3.8) is 0 Å². The number of alkyl carbamates (subject to hydrolysis) is 1. The summed E-state index contributed by atoms with van der Waals surface area (Å²) in [6, 6.07) is 0. The second-order valence-corrected chi connectivity index (χ2v) is 3.97. The second kappa shape index (κ2) is 6.56. The van der Waals surface area contributed by atoms with Crippen LogP contribution in [0.3, 0.4) is 0 Å². The Labute approximate surface area is 106 Å². The first-order chi connectivity index (χ1) is 8.64. The smallest absolute Gasteiger partial charge is 0.409 e. The Hall–Kier alpha value is -2.14. The van der Waals surface area contributed by atoms with Crippen LogP contribution in [-0.4, -0.2) is 30.8 Å². The van der Waals surface area contributed by atoms with E-state index in [1.165, 1.54) is 0 Å². The van der Waals surface area contributed by atoms with Gasteiger partial charge in [0.1, 0.15) is 5.54 Å². The molecule has 0 aromatic carbocycles. The van der Waals surface area contributed by atoms with E-state index in [2.05, 4.69) is 17.2 Å². The first-order valence-electron chi connectivity index (χ1n) is 5.64. The monoisotopic (exact) mass is 249 g/mol. The molecule has 5 nitrogen and oxygen atoms in total. The number of esters is 1. The van der Waals surface area contributed by atoms with Crippen molar-refractivity contribution >= 4 is 12.1 Å². The number of ether oxygens (including phenoxy) is 2. The van der Waals surface area contributed by atoms with Crippen molar-refractivity contribution in [3.05, 3.63) is 0 Å². The number of hydrogen-bond donors (Lipinski definition) is 1. The van der Waals surface area contributed by atoms with Crippen LogP contribution < -0.4 is 5.32 Å². The van der Waals surface area contributed by atoms with E-state index in [1.54, 1.807) is 0 Å². The summed E-state index contributed by atoms with van der Waals surface area (Å²) in [7, 11) is 0. The second-order valence-electron chi connectivity index (χ2n) is 3.97. The number of carbonyl (C=O) groups excluding carboxylic acids is 2. The molecule has 1 N–H and O–H groups in total. The summed E-state index contributed by atoms with van der Waals surface area (Å²) >= 11 is 0. The highest BCUT2D eigenvalue weighted by Gasteiger charge is 2.44. The number of amides is 1. The Kier molecular flexibility index (Phi) is 5.07. The lowest BCUT2D eigenvalue weighted by molar-refractivity contribution is -0.149. The van der Waals surface area contributed by atoms with Gasteiger partial charge in [0.25, 0.3) is 0 Å². The van der Waals surface area contributed by atoms with Crippen LogP contribution in [0.4, 0.5) is 4.79 Å². The van der Waals surface area contributed by atoms with Gasteiger partial charge in [-0.05, 0) is 12.8 Å². The van der Waals surface area contributed by atoms with Gasteiger partial charge >= 0.3 is 12.1 Å². The molecule has 96 valence electrons. The molecule has 0 bridgehead atoms. The molecule has 0 unspecified atom stereocenters. The van der Waals surface area contributed by atoms with Crippen LogP contribution >= 0.6 is 0 Å². The molecule has 0 atom stereocenters. The molecule has 0 heterocycles. The average Bonchev–Trinajstić information content (AvgIpc) is 2.83.